The lowest BCUT2D eigenvalue weighted by molar-refractivity contribution is -0.119. The van der Waals surface area contributed by atoms with E-state index in [4.69, 9.17) is 4.74 Å². The normalized spacial score (nSPS) is 19.1. The number of anilines is 1. The molecular formula is C22H36N4O6S2. The van der Waals surface area contributed by atoms with Gasteiger partial charge in [-0.3, -0.25) is 9.10 Å². The third-order valence-electron chi connectivity index (χ3n) is 6.27. The summed E-state index contributed by atoms with van der Waals surface area (Å²) in [6.45, 7) is 6.66. The molecule has 0 unspecified atom stereocenters. The summed E-state index contributed by atoms with van der Waals surface area (Å²) in [5.74, 6) is 0.370. The maximum absolute atomic E-state index is 12.8. The van der Waals surface area contributed by atoms with Crippen molar-refractivity contribution in [2.45, 2.75) is 31.1 Å². The number of ether oxygens (including phenoxy) is 1. The van der Waals surface area contributed by atoms with Gasteiger partial charge in [0.1, 0.15) is 6.54 Å². The maximum atomic E-state index is 12.8. The largest absolute Gasteiger partial charge is 0.379 e. The fourth-order valence-electron chi connectivity index (χ4n) is 4.12. The number of benzene rings is 1. The zero-order chi connectivity index (χ0) is 24.8. The van der Waals surface area contributed by atoms with Crippen LogP contribution in [0.1, 0.15) is 26.2 Å². The average molecular weight is 517 g/mol. The van der Waals surface area contributed by atoms with Gasteiger partial charge in [-0.2, -0.15) is 4.31 Å². The van der Waals surface area contributed by atoms with Crippen LogP contribution in [0.2, 0.25) is 0 Å². The van der Waals surface area contributed by atoms with Crippen LogP contribution in [0.25, 0.3) is 0 Å². The molecule has 1 N–H and O–H groups in total. The fourth-order valence-corrected chi connectivity index (χ4v) is 6.39. The highest BCUT2D eigenvalue weighted by Gasteiger charge is 2.27. The minimum atomic E-state index is -3.75. The van der Waals surface area contributed by atoms with Crippen LogP contribution in [0.5, 0.6) is 0 Å². The van der Waals surface area contributed by atoms with Crippen LogP contribution in [0, 0.1) is 5.92 Å². The number of carbonyl (C=O) groups excluding carboxylic acids is 1. The van der Waals surface area contributed by atoms with Crippen LogP contribution in [-0.4, -0.2) is 97.2 Å². The van der Waals surface area contributed by atoms with E-state index >= 15 is 0 Å². The summed E-state index contributed by atoms with van der Waals surface area (Å²) < 4.78 is 57.8. The van der Waals surface area contributed by atoms with Gasteiger partial charge in [0.2, 0.25) is 26.0 Å². The Morgan fingerprint density at radius 2 is 1.68 bits per heavy atom. The molecule has 2 fully saturated rings. The van der Waals surface area contributed by atoms with E-state index in [-0.39, 0.29) is 30.2 Å². The van der Waals surface area contributed by atoms with Crippen LogP contribution >= 0.6 is 0 Å². The topological polar surface area (TPSA) is 116 Å². The summed E-state index contributed by atoms with van der Waals surface area (Å²) in [5, 5.41) is 2.80. The van der Waals surface area contributed by atoms with Crippen molar-refractivity contribution in [3.8, 4) is 0 Å². The molecule has 0 bridgehead atoms. The first-order chi connectivity index (χ1) is 16.1. The molecular weight excluding hydrogens is 480 g/mol. The second kappa shape index (κ2) is 11.8. The molecule has 0 aliphatic carbocycles. The lowest BCUT2D eigenvalue weighted by Gasteiger charge is -2.30. The van der Waals surface area contributed by atoms with Crippen LogP contribution in [-0.2, 0) is 29.6 Å². The van der Waals surface area contributed by atoms with E-state index in [1.54, 1.807) is 0 Å². The first-order valence-corrected chi connectivity index (χ1v) is 15.0. The maximum Gasteiger partial charge on any atom is 0.243 e. The number of hydrogen-bond donors (Lipinski definition) is 1. The summed E-state index contributed by atoms with van der Waals surface area (Å²) >= 11 is 0. The number of nitrogens with zero attached hydrogens (tertiary/aromatic N) is 3. The number of nitrogens with one attached hydrogen (secondary N) is 1. The van der Waals surface area contributed by atoms with Crippen molar-refractivity contribution in [3.63, 3.8) is 0 Å². The summed E-state index contributed by atoms with van der Waals surface area (Å²) in [6.07, 6.45) is 4.22. The van der Waals surface area contributed by atoms with Crippen molar-refractivity contribution in [2.75, 3.05) is 69.6 Å². The number of hydrogen-bond acceptors (Lipinski definition) is 7. The molecule has 1 aromatic rings. The molecule has 0 spiro atoms. The van der Waals surface area contributed by atoms with Crippen LogP contribution < -0.4 is 9.62 Å². The Morgan fingerprint density at radius 1 is 1.06 bits per heavy atom. The molecule has 0 radical (unpaired) electrons. The summed E-state index contributed by atoms with van der Waals surface area (Å²) in [6, 6.07) is 5.57. The van der Waals surface area contributed by atoms with Crippen LogP contribution in [0.4, 0.5) is 5.69 Å². The predicted molar refractivity (Wildman–Crippen MR) is 131 cm³/mol. The van der Waals surface area contributed by atoms with Gasteiger partial charge in [-0.25, -0.2) is 16.8 Å². The molecule has 0 saturated carbocycles. The smallest absolute Gasteiger partial charge is 0.243 e. The first-order valence-electron chi connectivity index (χ1n) is 11.7. The van der Waals surface area contributed by atoms with Gasteiger partial charge in [0.15, 0.2) is 0 Å². The summed E-state index contributed by atoms with van der Waals surface area (Å²) in [5.41, 5.74) is 0.237. The molecule has 192 valence electrons. The Hall–Kier alpha value is -1.73. The quantitative estimate of drug-likeness (QED) is 0.455. The predicted octanol–water partition coefficient (Wildman–Crippen LogP) is 0.712. The van der Waals surface area contributed by atoms with Gasteiger partial charge < -0.3 is 15.0 Å². The van der Waals surface area contributed by atoms with Gasteiger partial charge in [0.05, 0.1) is 30.1 Å². The lowest BCUT2D eigenvalue weighted by Crippen LogP contribution is -2.41. The second-order valence-corrected chi connectivity index (χ2v) is 12.9. The zero-order valence-electron chi connectivity index (χ0n) is 20.0. The van der Waals surface area contributed by atoms with Crippen LogP contribution in [0.3, 0.4) is 0 Å². The third-order valence-corrected chi connectivity index (χ3v) is 9.32. The molecule has 12 heteroatoms. The molecule has 2 aliphatic rings. The van der Waals surface area contributed by atoms with Gasteiger partial charge in [0.25, 0.3) is 0 Å². The molecule has 2 heterocycles. The number of piperidine rings is 1. The Kier molecular flexibility index (Phi) is 9.33. The molecule has 0 atom stereocenters. The Labute approximate surface area is 203 Å². The second-order valence-electron chi connectivity index (χ2n) is 9.01. The van der Waals surface area contributed by atoms with Crippen molar-refractivity contribution in [1.29, 1.82) is 0 Å². The lowest BCUT2D eigenvalue weighted by atomic mass is 9.99. The number of carbonyl (C=O) groups is 1. The number of rotatable bonds is 10. The summed E-state index contributed by atoms with van der Waals surface area (Å²) in [4.78, 5) is 14.9. The Balaban J connectivity index is 1.56. The number of morpholine rings is 1. The van der Waals surface area contributed by atoms with Crippen molar-refractivity contribution >= 4 is 31.6 Å². The highest BCUT2D eigenvalue weighted by Crippen LogP contribution is 2.23. The SMILES string of the molecule is CC1CCN(CCCNC(=O)CN(c2ccc(S(=O)(=O)N3CCOCC3)cc2)S(C)(=O)=O)CC1. The van der Waals surface area contributed by atoms with Crippen molar-refractivity contribution < 1.29 is 26.4 Å². The van der Waals surface area contributed by atoms with E-state index in [2.05, 4.69) is 17.1 Å². The summed E-state index contributed by atoms with van der Waals surface area (Å²) in [7, 11) is -7.44. The molecule has 34 heavy (non-hydrogen) atoms. The molecule has 1 aromatic carbocycles. The molecule has 10 nitrogen and oxygen atoms in total. The molecule has 3 rings (SSSR count). The van der Waals surface area contributed by atoms with E-state index in [1.807, 2.05) is 0 Å². The minimum Gasteiger partial charge on any atom is -0.379 e. The molecule has 2 aliphatic heterocycles. The first kappa shape index (κ1) is 26.9. The van der Waals surface area contributed by atoms with Crippen molar-refractivity contribution in [1.82, 2.24) is 14.5 Å². The van der Waals surface area contributed by atoms with Gasteiger partial charge in [-0.15, -0.1) is 0 Å². The number of amides is 1. The van der Waals surface area contributed by atoms with E-state index in [0.29, 0.717) is 19.8 Å². The Bertz CT molecular complexity index is 1020. The molecule has 1 amide bonds. The number of likely N-dealkylation sites (tertiary alicyclic amines) is 1. The zero-order valence-corrected chi connectivity index (χ0v) is 21.6. The number of sulfonamides is 2. The van der Waals surface area contributed by atoms with E-state index in [1.165, 1.54) is 41.4 Å². The van der Waals surface area contributed by atoms with Gasteiger partial charge >= 0.3 is 0 Å². The average Bonchev–Trinajstić information content (AvgIpc) is 2.81. The van der Waals surface area contributed by atoms with E-state index in [0.717, 1.165) is 42.5 Å². The van der Waals surface area contributed by atoms with Gasteiger partial charge in [0, 0.05) is 19.6 Å². The highest BCUT2D eigenvalue weighted by molar-refractivity contribution is 7.92. The molecule has 0 aromatic heterocycles. The monoisotopic (exact) mass is 516 g/mol. The minimum absolute atomic E-state index is 0.0724. The van der Waals surface area contributed by atoms with Crippen molar-refractivity contribution in [3.05, 3.63) is 24.3 Å². The standard InChI is InChI=1S/C22H36N4O6S2/c1-19-8-12-24(13-9-19)11-3-10-23-22(27)18-26(33(2,28)29)20-4-6-21(7-5-20)34(30,31)25-14-16-32-17-15-25/h4-7,19H,3,8-18H2,1-2H3,(H,23,27). The van der Waals surface area contributed by atoms with E-state index < -0.39 is 26.0 Å². The molecule has 2 saturated heterocycles. The van der Waals surface area contributed by atoms with E-state index in [9.17, 15) is 21.6 Å². The third kappa shape index (κ3) is 7.38. The highest BCUT2D eigenvalue weighted by atomic mass is 32.2. The Morgan fingerprint density at radius 3 is 2.26 bits per heavy atom. The van der Waals surface area contributed by atoms with Gasteiger partial charge in [-0.1, -0.05) is 6.92 Å². The van der Waals surface area contributed by atoms with Gasteiger partial charge in [-0.05, 0) is 69.1 Å². The van der Waals surface area contributed by atoms with Crippen LogP contribution in [0.15, 0.2) is 29.2 Å². The van der Waals surface area contributed by atoms with Crippen molar-refractivity contribution in [2.24, 2.45) is 5.92 Å². The fraction of sp³-hybridized carbons (Fsp3) is 0.682.